The summed E-state index contributed by atoms with van der Waals surface area (Å²) in [7, 11) is 0. The molecule has 1 fully saturated rings. The van der Waals surface area contributed by atoms with E-state index in [1.54, 1.807) is 0 Å². The first-order valence-electron chi connectivity index (χ1n) is 7.55. The highest BCUT2D eigenvalue weighted by Crippen LogP contribution is 2.46. The van der Waals surface area contributed by atoms with Gasteiger partial charge in [-0.1, -0.05) is 27.7 Å². The highest BCUT2D eigenvalue weighted by Gasteiger charge is 2.41. The molecule has 1 aromatic rings. The largest absolute Gasteiger partial charge is 0.306 e. The minimum atomic E-state index is 0.148. The standard InChI is InChI=1S/C16H28N2S/c1-6-17-16(14-18-12(2)11-19-14)9-7-13(8-10-16)15(3,4)5/h11,13,17H,6-10H2,1-5H3. The average Bonchev–Trinajstić information content (AvgIpc) is 2.76. The van der Waals surface area contributed by atoms with Gasteiger partial charge < -0.3 is 5.32 Å². The molecule has 0 saturated heterocycles. The lowest BCUT2D eigenvalue weighted by Crippen LogP contribution is -2.46. The molecule has 0 radical (unpaired) electrons. The molecule has 1 N–H and O–H groups in total. The Hall–Kier alpha value is -0.410. The Bertz CT molecular complexity index is 409. The van der Waals surface area contributed by atoms with Crippen LogP contribution in [0.5, 0.6) is 0 Å². The van der Waals surface area contributed by atoms with Crippen molar-refractivity contribution in [2.45, 2.75) is 65.8 Å². The number of aromatic nitrogens is 1. The maximum absolute atomic E-state index is 4.77. The quantitative estimate of drug-likeness (QED) is 0.882. The third kappa shape index (κ3) is 3.19. The smallest absolute Gasteiger partial charge is 0.113 e. The molecule has 0 unspecified atom stereocenters. The summed E-state index contributed by atoms with van der Waals surface area (Å²) in [5.41, 5.74) is 1.75. The van der Waals surface area contributed by atoms with Gasteiger partial charge in [0.15, 0.2) is 0 Å². The van der Waals surface area contributed by atoms with Crippen molar-refractivity contribution >= 4 is 11.3 Å². The Kier molecular flexibility index (Phi) is 4.36. The first-order valence-corrected chi connectivity index (χ1v) is 8.43. The first kappa shape index (κ1) is 15.0. The molecule has 108 valence electrons. The van der Waals surface area contributed by atoms with E-state index >= 15 is 0 Å². The predicted molar refractivity (Wildman–Crippen MR) is 83.6 cm³/mol. The van der Waals surface area contributed by atoms with Crippen LogP contribution in [0.2, 0.25) is 0 Å². The Morgan fingerprint density at radius 1 is 1.37 bits per heavy atom. The molecule has 1 heterocycles. The normalized spacial score (nSPS) is 28.6. The van der Waals surface area contributed by atoms with Gasteiger partial charge in [0.1, 0.15) is 5.01 Å². The molecule has 0 spiro atoms. The second kappa shape index (κ2) is 5.53. The summed E-state index contributed by atoms with van der Waals surface area (Å²) < 4.78 is 0. The van der Waals surface area contributed by atoms with Crippen LogP contribution in [-0.2, 0) is 5.54 Å². The van der Waals surface area contributed by atoms with Gasteiger partial charge in [-0.2, -0.15) is 0 Å². The van der Waals surface area contributed by atoms with Crippen LogP contribution in [0.25, 0.3) is 0 Å². The lowest BCUT2D eigenvalue weighted by atomic mass is 9.67. The van der Waals surface area contributed by atoms with Crippen molar-refractivity contribution in [3.63, 3.8) is 0 Å². The number of nitrogens with one attached hydrogen (secondary N) is 1. The van der Waals surface area contributed by atoms with Crippen molar-refractivity contribution in [3.05, 3.63) is 16.1 Å². The number of hydrogen-bond acceptors (Lipinski definition) is 3. The Morgan fingerprint density at radius 3 is 2.42 bits per heavy atom. The van der Waals surface area contributed by atoms with E-state index in [0.717, 1.165) is 18.2 Å². The molecular weight excluding hydrogens is 252 g/mol. The van der Waals surface area contributed by atoms with E-state index in [1.807, 2.05) is 11.3 Å². The van der Waals surface area contributed by atoms with Crippen LogP contribution in [0, 0.1) is 18.3 Å². The van der Waals surface area contributed by atoms with Gasteiger partial charge in [-0.25, -0.2) is 4.98 Å². The SMILES string of the molecule is CCNC1(c2nc(C)cs2)CCC(C(C)(C)C)CC1. The zero-order chi connectivity index (χ0) is 14.1. The fourth-order valence-corrected chi connectivity index (χ4v) is 4.39. The summed E-state index contributed by atoms with van der Waals surface area (Å²) in [5, 5.41) is 7.24. The maximum Gasteiger partial charge on any atom is 0.113 e. The minimum absolute atomic E-state index is 0.148. The average molecular weight is 280 g/mol. The summed E-state index contributed by atoms with van der Waals surface area (Å²) in [4.78, 5) is 4.77. The van der Waals surface area contributed by atoms with Crippen molar-refractivity contribution in [2.24, 2.45) is 11.3 Å². The molecule has 1 aliphatic carbocycles. The zero-order valence-corrected chi connectivity index (χ0v) is 13.9. The molecule has 1 saturated carbocycles. The molecule has 19 heavy (non-hydrogen) atoms. The lowest BCUT2D eigenvalue weighted by Gasteiger charge is -2.43. The number of hydrogen-bond donors (Lipinski definition) is 1. The fraction of sp³-hybridized carbons (Fsp3) is 0.812. The van der Waals surface area contributed by atoms with Crippen molar-refractivity contribution < 1.29 is 0 Å². The molecule has 0 amide bonds. The Morgan fingerprint density at radius 2 is 2.00 bits per heavy atom. The topological polar surface area (TPSA) is 24.9 Å². The van der Waals surface area contributed by atoms with Gasteiger partial charge >= 0.3 is 0 Å². The third-order valence-electron chi connectivity index (χ3n) is 4.61. The van der Waals surface area contributed by atoms with E-state index in [9.17, 15) is 0 Å². The molecule has 3 heteroatoms. The molecule has 1 aliphatic rings. The van der Waals surface area contributed by atoms with E-state index < -0.39 is 0 Å². The fourth-order valence-electron chi connectivity index (χ4n) is 3.36. The summed E-state index contributed by atoms with van der Waals surface area (Å²) in [6.07, 6.45) is 5.09. The van der Waals surface area contributed by atoms with E-state index in [0.29, 0.717) is 5.41 Å². The highest BCUT2D eigenvalue weighted by molar-refractivity contribution is 7.09. The number of nitrogens with zero attached hydrogens (tertiary/aromatic N) is 1. The van der Waals surface area contributed by atoms with E-state index in [2.05, 4.69) is 45.3 Å². The summed E-state index contributed by atoms with van der Waals surface area (Å²) in [6, 6.07) is 0. The molecule has 1 aromatic heterocycles. The van der Waals surface area contributed by atoms with Crippen LogP contribution in [0.15, 0.2) is 5.38 Å². The van der Waals surface area contributed by atoms with Crippen LogP contribution in [0.3, 0.4) is 0 Å². The Labute approximate surface area is 122 Å². The number of rotatable bonds is 3. The first-order chi connectivity index (χ1) is 8.87. The molecule has 2 rings (SSSR count). The number of aryl methyl sites for hydroxylation is 1. The second-order valence-corrected chi connectivity index (χ2v) is 7.90. The predicted octanol–water partition coefficient (Wildman–Crippen LogP) is 4.49. The summed E-state index contributed by atoms with van der Waals surface area (Å²) >= 11 is 1.83. The van der Waals surface area contributed by atoms with Gasteiger partial charge in [0.05, 0.1) is 5.54 Å². The summed E-state index contributed by atoms with van der Waals surface area (Å²) in [5.74, 6) is 0.848. The van der Waals surface area contributed by atoms with Crippen LogP contribution < -0.4 is 5.32 Å². The van der Waals surface area contributed by atoms with E-state index in [-0.39, 0.29) is 5.54 Å². The lowest BCUT2D eigenvalue weighted by molar-refractivity contribution is 0.114. The van der Waals surface area contributed by atoms with Gasteiger partial charge in [0, 0.05) is 11.1 Å². The maximum atomic E-state index is 4.77. The van der Waals surface area contributed by atoms with Crippen LogP contribution >= 0.6 is 11.3 Å². The molecule has 0 aromatic carbocycles. The third-order valence-corrected chi connectivity index (χ3v) is 5.77. The number of thiazole rings is 1. The molecule has 0 bridgehead atoms. The highest BCUT2D eigenvalue weighted by atomic mass is 32.1. The van der Waals surface area contributed by atoms with Crippen LogP contribution in [0.4, 0.5) is 0 Å². The monoisotopic (exact) mass is 280 g/mol. The van der Waals surface area contributed by atoms with Crippen molar-refractivity contribution in [2.75, 3.05) is 6.54 Å². The van der Waals surface area contributed by atoms with Gasteiger partial charge in [0.2, 0.25) is 0 Å². The Balaban J connectivity index is 2.16. The molecule has 2 nitrogen and oxygen atoms in total. The van der Waals surface area contributed by atoms with Gasteiger partial charge in [-0.3, -0.25) is 0 Å². The van der Waals surface area contributed by atoms with Crippen molar-refractivity contribution in [1.82, 2.24) is 10.3 Å². The van der Waals surface area contributed by atoms with E-state index in [4.69, 9.17) is 4.98 Å². The van der Waals surface area contributed by atoms with Crippen LogP contribution in [-0.4, -0.2) is 11.5 Å². The molecule has 0 atom stereocenters. The van der Waals surface area contributed by atoms with Gasteiger partial charge in [0.25, 0.3) is 0 Å². The molecular formula is C16H28N2S. The van der Waals surface area contributed by atoms with Crippen molar-refractivity contribution in [1.29, 1.82) is 0 Å². The van der Waals surface area contributed by atoms with Crippen LogP contribution in [0.1, 0.15) is 64.1 Å². The zero-order valence-electron chi connectivity index (χ0n) is 13.0. The van der Waals surface area contributed by atoms with E-state index in [1.165, 1.54) is 30.7 Å². The second-order valence-electron chi connectivity index (χ2n) is 7.05. The summed E-state index contributed by atoms with van der Waals surface area (Å²) in [6.45, 7) is 12.5. The minimum Gasteiger partial charge on any atom is -0.306 e. The van der Waals surface area contributed by atoms with Crippen molar-refractivity contribution in [3.8, 4) is 0 Å². The van der Waals surface area contributed by atoms with Gasteiger partial charge in [-0.05, 0) is 50.5 Å². The van der Waals surface area contributed by atoms with Gasteiger partial charge in [-0.15, -0.1) is 11.3 Å². The molecule has 0 aliphatic heterocycles.